The first kappa shape index (κ1) is 18.4. The van der Waals surface area contributed by atoms with Gasteiger partial charge in [-0.15, -0.1) is 0 Å². The molecule has 0 fully saturated rings. The largest absolute Gasteiger partial charge is 0.340 e. The van der Waals surface area contributed by atoms with Gasteiger partial charge in [0.05, 0.1) is 11.6 Å². The van der Waals surface area contributed by atoms with E-state index in [1.807, 2.05) is 25.1 Å². The van der Waals surface area contributed by atoms with E-state index >= 15 is 0 Å². The first-order chi connectivity index (χ1) is 13.0. The molecule has 136 valence electrons. The quantitative estimate of drug-likeness (QED) is 0.624. The van der Waals surface area contributed by atoms with Crippen molar-refractivity contribution in [2.45, 2.75) is 33.6 Å². The standard InChI is InChI=1S/C22H23N5/c1-14(2)19-7-5-6-15(3)21(19)27-22-24-16(4)12-20(26-22)25-18-10-8-17(13-23)9-11-18/h5-12,14H,1-4H3,(H2,24,25,26,27). The van der Waals surface area contributed by atoms with E-state index in [0.29, 0.717) is 23.2 Å². The van der Waals surface area contributed by atoms with Gasteiger partial charge in [-0.3, -0.25) is 0 Å². The average molecular weight is 357 g/mol. The fraction of sp³-hybridized carbons (Fsp3) is 0.227. The highest BCUT2D eigenvalue weighted by atomic mass is 15.1. The zero-order valence-electron chi connectivity index (χ0n) is 16.0. The van der Waals surface area contributed by atoms with E-state index < -0.39 is 0 Å². The lowest BCUT2D eigenvalue weighted by molar-refractivity contribution is 0.866. The number of nitrogens with zero attached hydrogens (tertiary/aromatic N) is 3. The molecule has 2 aromatic carbocycles. The van der Waals surface area contributed by atoms with Crippen LogP contribution in [0.15, 0.2) is 48.5 Å². The predicted molar refractivity (Wildman–Crippen MR) is 110 cm³/mol. The third-order valence-corrected chi connectivity index (χ3v) is 4.30. The van der Waals surface area contributed by atoms with Gasteiger partial charge in [0, 0.05) is 23.1 Å². The van der Waals surface area contributed by atoms with E-state index in [1.54, 1.807) is 12.1 Å². The molecule has 5 nitrogen and oxygen atoms in total. The van der Waals surface area contributed by atoms with Gasteiger partial charge in [-0.05, 0) is 55.2 Å². The van der Waals surface area contributed by atoms with Gasteiger partial charge in [-0.25, -0.2) is 4.98 Å². The second-order valence-electron chi connectivity index (χ2n) is 6.85. The molecule has 0 bridgehead atoms. The SMILES string of the molecule is Cc1cc(Nc2ccc(C#N)cc2)nc(Nc2c(C)cccc2C(C)C)n1. The lowest BCUT2D eigenvalue weighted by Gasteiger charge is -2.17. The van der Waals surface area contributed by atoms with Crippen molar-refractivity contribution in [1.29, 1.82) is 5.26 Å². The van der Waals surface area contributed by atoms with Crippen molar-refractivity contribution in [2.24, 2.45) is 0 Å². The van der Waals surface area contributed by atoms with Crippen LogP contribution in [-0.4, -0.2) is 9.97 Å². The lowest BCUT2D eigenvalue weighted by Crippen LogP contribution is -2.06. The van der Waals surface area contributed by atoms with Crippen LogP contribution in [0.1, 0.15) is 42.1 Å². The summed E-state index contributed by atoms with van der Waals surface area (Å²) in [6.07, 6.45) is 0. The minimum atomic E-state index is 0.397. The third-order valence-electron chi connectivity index (χ3n) is 4.30. The summed E-state index contributed by atoms with van der Waals surface area (Å²) in [7, 11) is 0. The van der Waals surface area contributed by atoms with Crippen molar-refractivity contribution in [1.82, 2.24) is 9.97 Å². The van der Waals surface area contributed by atoms with Gasteiger partial charge in [-0.2, -0.15) is 10.2 Å². The van der Waals surface area contributed by atoms with Crippen LogP contribution in [0.25, 0.3) is 0 Å². The van der Waals surface area contributed by atoms with E-state index in [2.05, 4.69) is 65.6 Å². The maximum atomic E-state index is 8.92. The molecule has 3 aromatic rings. The highest BCUT2D eigenvalue weighted by molar-refractivity contribution is 5.66. The molecule has 0 amide bonds. The second kappa shape index (κ2) is 7.88. The number of aryl methyl sites for hydroxylation is 2. The first-order valence-corrected chi connectivity index (χ1v) is 8.95. The Hall–Kier alpha value is -3.39. The molecule has 0 unspecified atom stereocenters. The number of para-hydroxylation sites is 1. The van der Waals surface area contributed by atoms with E-state index in [0.717, 1.165) is 22.6 Å². The monoisotopic (exact) mass is 357 g/mol. The van der Waals surface area contributed by atoms with Crippen LogP contribution in [-0.2, 0) is 0 Å². The third kappa shape index (κ3) is 4.42. The topological polar surface area (TPSA) is 73.6 Å². The molecule has 0 saturated heterocycles. The highest BCUT2D eigenvalue weighted by Crippen LogP contribution is 2.29. The Morgan fingerprint density at radius 2 is 1.70 bits per heavy atom. The number of rotatable bonds is 5. The molecule has 1 heterocycles. The van der Waals surface area contributed by atoms with Gasteiger partial charge in [0.1, 0.15) is 5.82 Å². The maximum Gasteiger partial charge on any atom is 0.229 e. The first-order valence-electron chi connectivity index (χ1n) is 8.95. The molecule has 0 atom stereocenters. The van der Waals surface area contributed by atoms with Crippen LogP contribution < -0.4 is 10.6 Å². The second-order valence-corrected chi connectivity index (χ2v) is 6.85. The molecule has 0 saturated carbocycles. The Morgan fingerprint density at radius 1 is 0.963 bits per heavy atom. The molecule has 27 heavy (non-hydrogen) atoms. The molecular weight excluding hydrogens is 334 g/mol. The number of hydrogen-bond donors (Lipinski definition) is 2. The van der Waals surface area contributed by atoms with Crippen LogP contribution in [0, 0.1) is 25.2 Å². The summed E-state index contributed by atoms with van der Waals surface area (Å²) in [5.41, 5.74) is 5.82. The smallest absolute Gasteiger partial charge is 0.229 e. The summed E-state index contributed by atoms with van der Waals surface area (Å²) in [4.78, 5) is 9.14. The van der Waals surface area contributed by atoms with Crippen molar-refractivity contribution in [3.8, 4) is 6.07 Å². The minimum absolute atomic E-state index is 0.397. The van der Waals surface area contributed by atoms with Gasteiger partial charge in [0.15, 0.2) is 0 Å². The molecule has 0 aliphatic rings. The fourth-order valence-corrected chi connectivity index (χ4v) is 2.92. The number of hydrogen-bond acceptors (Lipinski definition) is 5. The van der Waals surface area contributed by atoms with Crippen LogP contribution in [0.3, 0.4) is 0 Å². The lowest BCUT2D eigenvalue weighted by atomic mass is 9.98. The van der Waals surface area contributed by atoms with Crippen LogP contribution in [0.5, 0.6) is 0 Å². The van der Waals surface area contributed by atoms with Crippen molar-refractivity contribution in [3.63, 3.8) is 0 Å². The number of aromatic nitrogens is 2. The summed E-state index contributed by atoms with van der Waals surface area (Å²) < 4.78 is 0. The number of anilines is 4. The van der Waals surface area contributed by atoms with E-state index in [1.165, 1.54) is 5.56 Å². The summed E-state index contributed by atoms with van der Waals surface area (Å²) in [5, 5.41) is 15.6. The molecule has 2 N–H and O–H groups in total. The Morgan fingerprint density at radius 3 is 2.37 bits per heavy atom. The number of nitrogens with one attached hydrogen (secondary N) is 2. The average Bonchev–Trinajstić information content (AvgIpc) is 2.63. The molecule has 0 spiro atoms. The highest BCUT2D eigenvalue weighted by Gasteiger charge is 2.11. The molecule has 0 aliphatic carbocycles. The Kier molecular flexibility index (Phi) is 5.37. The van der Waals surface area contributed by atoms with Crippen molar-refractivity contribution in [2.75, 3.05) is 10.6 Å². The molecule has 5 heteroatoms. The van der Waals surface area contributed by atoms with Crippen LogP contribution >= 0.6 is 0 Å². The minimum Gasteiger partial charge on any atom is -0.340 e. The number of benzene rings is 2. The van der Waals surface area contributed by atoms with Crippen molar-refractivity contribution < 1.29 is 0 Å². The van der Waals surface area contributed by atoms with Gasteiger partial charge in [0.2, 0.25) is 5.95 Å². The Balaban J connectivity index is 1.89. The summed E-state index contributed by atoms with van der Waals surface area (Å²) in [6.45, 7) is 8.38. The van der Waals surface area contributed by atoms with Gasteiger partial charge < -0.3 is 10.6 Å². The van der Waals surface area contributed by atoms with Crippen LogP contribution in [0.2, 0.25) is 0 Å². The van der Waals surface area contributed by atoms with E-state index in [9.17, 15) is 0 Å². The van der Waals surface area contributed by atoms with Gasteiger partial charge in [-0.1, -0.05) is 32.0 Å². The van der Waals surface area contributed by atoms with Crippen LogP contribution in [0.4, 0.5) is 23.1 Å². The van der Waals surface area contributed by atoms with E-state index in [-0.39, 0.29) is 0 Å². The van der Waals surface area contributed by atoms with Crippen molar-refractivity contribution in [3.05, 3.63) is 70.9 Å². The zero-order valence-corrected chi connectivity index (χ0v) is 16.0. The molecule has 0 aliphatic heterocycles. The Bertz CT molecular complexity index is 985. The molecule has 0 radical (unpaired) electrons. The zero-order chi connectivity index (χ0) is 19.4. The fourth-order valence-electron chi connectivity index (χ4n) is 2.92. The normalized spacial score (nSPS) is 10.5. The van der Waals surface area contributed by atoms with Crippen molar-refractivity contribution >= 4 is 23.1 Å². The maximum absolute atomic E-state index is 8.92. The predicted octanol–water partition coefficient (Wildman–Crippen LogP) is 5.58. The molecular formula is C22H23N5. The molecule has 3 rings (SSSR count). The molecule has 1 aromatic heterocycles. The summed E-state index contributed by atoms with van der Waals surface area (Å²) in [5.74, 6) is 1.66. The summed E-state index contributed by atoms with van der Waals surface area (Å²) in [6, 6.07) is 17.6. The van der Waals surface area contributed by atoms with Gasteiger partial charge >= 0.3 is 0 Å². The Labute approximate surface area is 160 Å². The summed E-state index contributed by atoms with van der Waals surface area (Å²) >= 11 is 0. The number of nitriles is 1. The van der Waals surface area contributed by atoms with Gasteiger partial charge in [0.25, 0.3) is 0 Å². The van der Waals surface area contributed by atoms with E-state index in [4.69, 9.17) is 5.26 Å².